The van der Waals surface area contributed by atoms with Crippen LogP contribution < -0.4 is 0 Å². The zero-order valence-electron chi connectivity index (χ0n) is 17.5. The number of nitrogens with zero attached hydrogens (tertiary/aromatic N) is 3. The largest absolute Gasteiger partial charge is 0.417 e. The quantitative estimate of drug-likeness (QED) is 0.405. The highest BCUT2D eigenvalue weighted by molar-refractivity contribution is 6.09. The van der Waals surface area contributed by atoms with Gasteiger partial charge in [0.15, 0.2) is 0 Å². The number of likely N-dealkylation sites (N-methyl/N-ethyl adjacent to an activating group) is 2. The summed E-state index contributed by atoms with van der Waals surface area (Å²) in [7, 11) is 2.65. The van der Waals surface area contributed by atoms with E-state index in [4.69, 9.17) is 0 Å². The zero-order valence-corrected chi connectivity index (χ0v) is 17.5. The van der Waals surface area contributed by atoms with Crippen molar-refractivity contribution in [2.45, 2.75) is 25.1 Å². The minimum atomic E-state index is -4.90. The Morgan fingerprint density at radius 1 is 1.06 bits per heavy atom. The van der Waals surface area contributed by atoms with E-state index < -0.39 is 45.3 Å². The normalized spacial score (nSPS) is 20.8. The van der Waals surface area contributed by atoms with Crippen LogP contribution in [0.5, 0.6) is 0 Å². The maximum atomic E-state index is 13.5. The Kier molecular flexibility index (Phi) is 5.82. The molecule has 1 atom stereocenters. The molecule has 0 aliphatic carbocycles. The second-order valence-corrected chi connectivity index (χ2v) is 7.69. The molecule has 10 heteroatoms. The lowest BCUT2D eigenvalue weighted by molar-refractivity contribution is -0.385. The Balaban J connectivity index is 2.12. The molecule has 2 aromatic rings. The number of hydrogen-bond acceptors (Lipinski definition) is 4. The summed E-state index contributed by atoms with van der Waals surface area (Å²) in [5, 5.41) is 11.4. The lowest BCUT2D eigenvalue weighted by atomic mass is 9.87. The van der Waals surface area contributed by atoms with Gasteiger partial charge in [-0.1, -0.05) is 36.4 Å². The van der Waals surface area contributed by atoms with Gasteiger partial charge < -0.3 is 9.80 Å². The van der Waals surface area contributed by atoms with Gasteiger partial charge in [0.1, 0.15) is 11.2 Å². The predicted octanol–water partition coefficient (Wildman–Crippen LogP) is 3.89. The fraction of sp³-hybridized carbons (Fsp3) is 0.273. The molecule has 0 saturated carbocycles. The standard InChI is InChI=1S/C22H20F3N3O4/c1-21(13-14-8-5-4-6-9-14)20(30)26(2)18(19(29)27(21)3)12-15-16(22(23,24)25)10-7-11-17(15)28(31)32/h4-12H,13H2,1-3H3. The highest BCUT2D eigenvalue weighted by Gasteiger charge is 2.49. The number of carbonyl (C=O) groups is 2. The van der Waals surface area contributed by atoms with Gasteiger partial charge in [-0.3, -0.25) is 19.7 Å². The Hall–Kier alpha value is -3.69. The van der Waals surface area contributed by atoms with Crippen molar-refractivity contribution in [3.63, 3.8) is 0 Å². The minimum absolute atomic E-state index is 0.186. The van der Waals surface area contributed by atoms with Crippen LogP contribution in [0.3, 0.4) is 0 Å². The Morgan fingerprint density at radius 3 is 2.25 bits per heavy atom. The number of piperazine rings is 1. The second kappa shape index (κ2) is 8.10. The predicted molar refractivity (Wildman–Crippen MR) is 110 cm³/mol. The minimum Gasteiger partial charge on any atom is -0.326 e. The van der Waals surface area contributed by atoms with E-state index in [-0.39, 0.29) is 12.1 Å². The van der Waals surface area contributed by atoms with Crippen molar-refractivity contribution < 1.29 is 27.7 Å². The molecule has 0 spiro atoms. The maximum absolute atomic E-state index is 13.5. The fourth-order valence-electron chi connectivity index (χ4n) is 3.75. The molecule has 0 aromatic heterocycles. The summed E-state index contributed by atoms with van der Waals surface area (Å²) in [5.74, 6) is -1.25. The molecule has 1 heterocycles. The highest BCUT2D eigenvalue weighted by atomic mass is 19.4. The van der Waals surface area contributed by atoms with E-state index in [1.54, 1.807) is 37.3 Å². The molecule has 3 rings (SSSR count). The Morgan fingerprint density at radius 2 is 1.69 bits per heavy atom. The molecule has 1 aliphatic heterocycles. The molecule has 1 aliphatic rings. The van der Waals surface area contributed by atoms with E-state index in [1.807, 2.05) is 0 Å². The van der Waals surface area contributed by atoms with Gasteiger partial charge in [0.25, 0.3) is 17.5 Å². The van der Waals surface area contributed by atoms with Crippen LogP contribution in [-0.2, 0) is 22.2 Å². The van der Waals surface area contributed by atoms with Crippen molar-refractivity contribution >= 4 is 23.6 Å². The smallest absolute Gasteiger partial charge is 0.326 e. The van der Waals surface area contributed by atoms with Gasteiger partial charge >= 0.3 is 6.18 Å². The van der Waals surface area contributed by atoms with Crippen molar-refractivity contribution in [1.29, 1.82) is 0 Å². The summed E-state index contributed by atoms with van der Waals surface area (Å²) in [5.41, 5.74) is -3.76. The highest BCUT2D eigenvalue weighted by Crippen LogP contribution is 2.39. The first-order chi connectivity index (χ1) is 14.9. The molecule has 1 saturated heterocycles. The zero-order chi connectivity index (χ0) is 23.8. The summed E-state index contributed by atoms with van der Waals surface area (Å²) in [6, 6.07) is 11.5. The molecule has 7 nitrogen and oxygen atoms in total. The van der Waals surface area contributed by atoms with Crippen molar-refractivity contribution in [3.05, 3.63) is 81.0 Å². The Labute approximate surface area is 181 Å². The molecule has 2 aromatic carbocycles. The van der Waals surface area contributed by atoms with Gasteiger partial charge in [0, 0.05) is 26.6 Å². The molecule has 1 unspecified atom stereocenters. The molecule has 1 fully saturated rings. The Bertz CT molecular complexity index is 1120. The summed E-state index contributed by atoms with van der Waals surface area (Å²) in [6.45, 7) is 1.57. The summed E-state index contributed by atoms with van der Waals surface area (Å²) in [6.07, 6.45) is -3.95. The van der Waals surface area contributed by atoms with Crippen LogP contribution in [0, 0.1) is 10.1 Å². The van der Waals surface area contributed by atoms with Crippen LogP contribution in [0.15, 0.2) is 54.2 Å². The summed E-state index contributed by atoms with van der Waals surface area (Å²) >= 11 is 0. The number of benzene rings is 2. The second-order valence-electron chi connectivity index (χ2n) is 7.69. The molecule has 0 N–H and O–H groups in total. The number of nitro benzene ring substituents is 1. The van der Waals surface area contributed by atoms with Gasteiger partial charge in [-0.05, 0) is 24.6 Å². The number of nitro groups is 1. The van der Waals surface area contributed by atoms with Crippen molar-refractivity contribution in [2.75, 3.05) is 14.1 Å². The molecular formula is C22H20F3N3O4. The average Bonchev–Trinajstić information content (AvgIpc) is 2.74. The first kappa shape index (κ1) is 23.0. The first-order valence-corrected chi connectivity index (χ1v) is 9.54. The van der Waals surface area contributed by atoms with E-state index in [1.165, 1.54) is 14.1 Å². The van der Waals surface area contributed by atoms with Gasteiger partial charge in [-0.15, -0.1) is 0 Å². The van der Waals surface area contributed by atoms with Crippen molar-refractivity contribution in [1.82, 2.24) is 9.80 Å². The van der Waals surface area contributed by atoms with Gasteiger partial charge in [-0.25, -0.2) is 0 Å². The number of alkyl halides is 3. The lowest BCUT2D eigenvalue weighted by Crippen LogP contribution is -2.64. The summed E-state index contributed by atoms with van der Waals surface area (Å²) in [4.78, 5) is 38.9. The van der Waals surface area contributed by atoms with Crippen LogP contribution in [0.2, 0.25) is 0 Å². The van der Waals surface area contributed by atoms with Gasteiger partial charge in [0.2, 0.25) is 0 Å². The van der Waals surface area contributed by atoms with E-state index in [9.17, 15) is 32.9 Å². The van der Waals surface area contributed by atoms with E-state index in [0.29, 0.717) is 6.07 Å². The summed E-state index contributed by atoms with van der Waals surface area (Å²) < 4.78 is 40.6. The van der Waals surface area contributed by atoms with Crippen molar-refractivity contribution in [3.8, 4) is 0 Å². The third-order valence-corrected chi connectivity index (χ3v) is 5.65. The lowest BCUT2D eigenvalue weighted by Gasteiger charge is -2.45. The number of halogens is 3. The van der Waals surface area contributed by atoms with E-state index >= 15 is 0 Å². The maximum Gasteiger partial charge on any atom is 0.417 e. The number of hydrogen-bond donors (Lipinski definition) is 0. The fourth-order valence-corrected chi connectivity index (χ4v) is 3.75. The SMILES string of the molecule is CN1C(=O)C(C)(Cc2ccccc2)N(C)C(=O)C1=Cc1c([N+](=O)[O-])cccc1C(F)(F)F. The number of rotatable bonds is 4. The first-order valence-electron chi connectivity index (χ1n) is 9.54. The molecular weight excluding hydrogens is 427 g/mol. The van der Waals surface area contributed by atoms with Crippen LogP contribution in [0.25, 0.3) is 6.08 Å². The average molecular weight is 447 g/mol. The molecule has 32 heavy (non-hydrogen) atoms. The monoisotopic (exact) mass is 447 g/mol. The van der Waals surface area contributed by atoms with Gasteiger partial charge in [0.05, 0.1) is 16.1 Å². The third-order valence-electron chi connectivity index (χ3n) is 5.65. The van der Waals surface area contributed by atoms with Crippen LogP contribution in [0.1, 0.15) is 23.6 Å². The van der Waals surface area contributed by atoms with Gasteiger partial charge in [-0.2, -0.15) is 13.2 Å². The third kappa shape index (κ3) is 3.95. The van der Waals surface area contributed by atoms with E-state index in [2.05, 4.69) is 0 Å². The molecule has 168 valence electrons. The number of carbonyl (C=O) groups excluding carboxylic acids is 2. The molecule has 0 bridgehead atoms. The number of amides is 2. The van der Waals surface area contributed by atoms with Crippen LogP contribution in [-0.4, -0.2) is 46.2 Å². The molecule has 2 amide bonds. The topological polar surface area (TPSA) is 83.8 Å². The van der Waals surface area contributed by atoms with Crippen LogP contribution in [0.4, 0.5) is 18.9 Å². The molecule has 0 radical (unpaired) electrons. The van der Waals surface area contributed by atoms with Crippen molar-refractivity contribution in [2.24, 2.45) is 0 Å². The van der Waals surface area contributed by atoms with E-state index in [0.717, 1.165) is 33.6 Å². The van der Waals surface area contributed by atoms with Crippen LogP contribution >= 0.6 is 0 Å².